The van der Waals surface area contributed by atoms with E-state index in [0.29, 0.717) is 5.56 Å². The lowest BCUT2D eigenvalue weighted by Crippen LogP contribution is -2.17. The van der Waals surface area contributed by atoms with Gasteiger partial charge in [-0.1, -0.05) is 103 Å². The molecular weight excluding hydrogens is 617 g/mol. The van der Waals surface area contributed by atoms with Gasteiger partial charge in [-0.3, -0.25) is 0 Å². The minimum absolute atomic E-state index is 0.282. The van der Waals surface area contributed by atoms with Crippen LogP contribution in [0, 0.1) is 0 Å². The van der Waals surface area contributed by atoms with E-state index in [0.717, 1.165) is 62.3 Å². The third-order valence-corrected chi connectivity index (χ3v) is 9.09. The van der Waals surface area contributed by atoms with Gasteiger partial charge in [0, 0.05) is 63.3 Å². The van der Waals surface area contributed by atoms with Crippen molar-refractivity contribution >= 4 is 40.1 Å². The summed E-state index contributed by atoms with van der Waals surface area (Å²) in [4.78, 5) is 17.6. The molecule has 0 saturated carbocycles. The molecule has 0 N–H and O–H groups in total. The number of rotatable bonds is 8. The highest BCUT2D eigenvalue weighted by atomic mass is 16.5. The molecule has 7 aromatic carbocycles. The second-order valence-electron chi connectivity index (χ2n) is 12.1. The van der Waals surface area contributed by atoms with Gasteiger partial charge >= 0.3 is 5.97 Å². The Balaban J connectivity index is 1.32. The third-order valence-electron chi connectivity index (χ3n) is 9.09. The standard InChI is InChI=1S/C45H34N2O3/c1-49-45(48)39-25-15-14-24-38(39)44-40-28-26-36(46(32-16-6-2-7-17-32)33-18-8-3-9-19-33)30-42(40)50-43-31-37(27-29-41(43)44)47(34-20-10-4-11-21-34)35-22-12-5-13-23-35/h2-31,44H,1H3. The molecule has 1 aliphatic rings. The molecule has 0 bridgehead atoms. The number of benzene rings is 7. The van der Waals surface area contributed by atoms with Crippen LogP contribution in [0.5, 0.6) is 11.5 Å². The van der Waals surface area contributed by atoms with Crippen molar-refractivity contribution < 1.29 is 14.3 Å². The summed E-state index contributed by atoms with van der Waals surface area (Å²) in [6, 6.07) is 61.7. The maximum Gasteiger partial charge on any atom is 0.338 e. The van der Waals surface area contributed by atoms with Crippen LogP contribution in [0.15, 0.2) is 182 Å². The molecule has 1 heterocycles. The molecule has 0 radical (unpaired) electrons. The summed E-state index contributed by atoms with van der Waals surface area (Å²) < 4.78 is 12.2. The predicted octanol–water partition coefficient (Wildman–Crippen LogP) is 11.7. The molecule has 0 unspecified atom stereocenters. The third kappa shape index (κ3) is 5.75. The number of esters is 1. The van der Waals surface area contributed by atoms with Gasteiger partial charge in [-0.2, -0.15) is 0 Å². The number of hydrogen-bond donors (Lipinski definition) is 0. The fraction of sp³-hybridized carbons (Fsp3) is 0.0444. The van der Waals surface area contributed by atoms with Crippen molar-refractivity contribution in [2.45, 2.75) is 5.92 Å². The molecule has 0 spiro atoms. The first kappa shape index (κ1) is 30.7. The molecule has 0 fully saturated rings. The molecule has 7 aromatic rings. The van der Waals surface area contributed by atoms with Crippen molar-refractivity contribution in [2.24, 2.45) is 0 Å². The summed E-state index contributed by atoms with van der Waals surface area (Å²) in [5.74, 6) is 0.789. The van der Waals surface area contributed by atoms with Crippen molar-refractivity contribution in [1.29, 1.82) is 0 Å². The number of carbonyl (C=O) groups excluding carboxylic acids is 1. The summed E-state index contributed by atoms with van der Waals surface area (Å²) >= 11 is 0. The Kier molecular flexibility index (Phi) is 8.29. The maximum atomic E-state index is 13.1. The SMILES string of the molecule is COC(=O)c1ccccc1C1c2ccc(N(c3ccccc3)c3ccccc3)cc2Oc2cc(N(c3ccccc3)c3ccccc3)ccc21. The topological polar surface area (TPSA) is 42.0 Å². The van der Waals surface area contributed by atoms with E-state index in [1.165, 1.54) is 7.11 Å². The summed E-state index contributed by atoms with van der Waals surface area (Å²) in [5, 5.41) is 0. The van der Waals surface area contributed by atoms with Crippen LogP contribution in [-0.2, 0) is 4.74 Å². The van der Waals surface area contributed by atoms with Gasteiger partial charge < -0.3 is 19.3 Å². The monoisotopic (exact) mass is 650 g/mol. The average molecular weight is 651 g/mol. The van der Waals surface area contributed by atoms with Gasteiger partial charge in [0.15, 0.2) is 0 Å². The predicted molar refractivity (Wildman–Crippen MR) is 201 cm³/mol. The second-order valence-corrected chi connectivity index (χ2v) is 12.1. The average Bonchev–Trinajstić information content (AvgIpc) is 3.18. The quantitative estimate of drug-likeness (QED) is 0.153. The molecule has 0 atom stereocenters. The van der Waals surface area contributed by atoms with Gasteiger partial charge in [0.1, 0.15) is 11.5 Å². The molecule has 8 rings (SSSR count). The lowest BCUT2D eigenvalue weighted by Gasteiger charge is -2.33. The van der Waals surface area contributed by atoms with Crippen molar-refractivity contribution in [2.75, 3.05) is 16.9 Å². The Morgan fingerprint density at radius 2 is 0.840 bits per heavy atom. The minimum atomic E-state index is -0.373. The number of methoxy groups -OCH3 is 1. The first-order chi connectivity index (χ1) is 24.7. The largest absolute Gasteiger partial charge is 0.465 e. The van der Waals surface area contributed by atoms with E-state index in [1.807, 2.05) is 97.1 Å². The van der Waals surface area contributed by atoms with Crippen LogP contribution in [0.2, 0.25) is 0 Å². The Labute approximate surface area is 292 Å². The van der Waals surface area contributed by atoms with Gasteiger partial charge in [0.25, 0.3) is 0 Å². The first-order valence-electron chi connectivity index (χ1n) is 16.6. The number of fused-ring (bicyclic) bond motifs is 2. The number of carbonyl (C=O) groups is 1. The summed E-state index contributed by atoms with van der Waals surface area (Å²) in [6.07, 6.45) is 0. The van der Waals surface area contributed by atoms with Gasteiger partial charge in [-0.15, -0.1) is 0 Å². The van der Waals surface area contributed by atoms with E-state index in [4.69, 9.17) is 9.47 Å². The zero-order chi connectivity index (χ0) is 33.9. The Morgan fingerprint density at radius 1 is 0.460 bits per heavy atom. The van der Waals surface area contributed by atoms with Crippen LogP contribution >= 0.6 is 0 Å². The molecule has 0 saturated heterocycles. The number of hydrogen-bond acceptors (Lipinski definition) is 5. The van der Waals surface area contributed by atoms with E-state index in [-0.39, 0.29) is 11.9 Å². The van der Waals surface area contributed by atoms with E-state index in [2.05, 4.69) is 94.7 Å². The number of ether oxygens (including phenoxy) is 2. The highest BCUT2D eigenvalue weighted by Gasteiger charge is 2.33. The van der Waals surface area contributed by atoms with Gasteiger partial charge in [0.2, 0.25) is 0 Å². The number of nitrogens with zero attached hydrogens (tertiary/aromatic N) is 2. The molecule has 0 aliphatic carbocycles. The zero-order valence-corrected chi connectivity index (χ0v) is 27.5. The lowest BCUT2D eigenvalue weighted by molar-refractivity contribution is 0.0599. The van der Waals surface area contributed by atoms with Crippen LogP contribution in [0.25, 0.3) is 0 Å². The Morgan fingerprint density at radius 3 is 1.24 bits per heavy atom. The smallest absolute Gasteiger partial charge is 0.338 e. The Hall–Kier alpha value is -6.59. The van der Waals surface area contributed by atoms with E-state index < -0.39 is 0 Å². The first-order valence-corrected chi connectivity index (χ1v) is 16.6. The van der Waals surface area contributed by atoms with E-state index in [9.17, 15) is 4.79 Å². The molecular formula is C45H34N2O3. The summed E-state index contributed by atoms with van der Waals surface area (Å²) in [5.41, 5.74) is 9.36. The molecule has 50 heavy (non-hydrogen) atoms. The maximum absolute atomic E-state index is 13.1. The van der Waals surface area contributed by atoms with Crippen LogP contribution in [0.1, 0.15) is 33.0 Å². The fourth-order valence-corrected chi connectivity index (χ4v) is 6.85. The van der Waals surface area contributed by atoms with Gasteiger partial charge in [0.05, 0.1) is 12.7 Å². The Bertz CT molecular complexity index is 2050. The highest BCUT2D eigenvalue weighted by Crippen LogP contribution is 2.51. The zero-order valence-electron chi connectivity index (χ0n) is 27.5. The van der Waals surface area contributed by atoms with Crippen LogP contribution < -0.4 is 14.5 Å². The van der Waals surface area contributed by atoms with Crippen molar-refractivity contribution in [3.8, 4) is 11.5 Å². The summed E-state index contributed by atoms with van der Waals surface area (Å²) in [7, 11) is 1.42. The molecule has 0 amide bonds. The fourth-order valence-electron chi connectivity index (χ4n) is 6.85. The number of para-hydroxylation sites is 4. The molecule has 5 nitrogen and oxygen atoms in total. The van der Waals surface area contributed by atoms with E-state index >= 15 is 0 Å². The van der Waals surface area contributed by atoms with Gasteiger partial charge in [-0.05, 0) is 72.3 Å². The summed E-state index contributed by atoms with van der Waals surface area (Å²) in [6.45, 7) is 0. The van der Waals surface area contributed by atoms with Crippen LogP contribution in [0.3, 0.4) is 0 Å². The number of anilines is 6. The molecule has 242 valence electrons. The molecule has 0 aromatic heterocycles. The van der Waals surface area contributed by atoms with Crippen molar-refractivity contribution in [3.63, 3.8) is 0 Å². The van der Waals surface area contributed by atoms with Crippen LogP contribution in [0.4, 0.5) is 34.1 Å². The van der Waals surface area contributed by atoms with Crippen molar-refractivity contribution in [1.82, 2.24) is 0 Å². The molecule has 1 aliphatic heterocycles. The lowest BCUT2D eigenvalue weighted by atomic mass is 9.80. The normalized spacial score (nSPS) is 11.9. The van der Waals surface area contributed by atoms with E-state index in [1.54, 1.807) is 0 Å². The second kappa shape index (κ2) is 13.5. The minimum Gasteiger partial charge on any atom is -0.465 e. The molecule has 5 heteroatoms. The van der Waals surface area contributed by atoms with Gasteiger partial charge in [-0.25, -0.2) is 4.79 Å². The van der Waals surface area contributed by atoms with Crippen molar-refractivity contribution in [3.05, 3.63) is 204 Å². The highest BCUT2D eigenvalue weighted by molar-refractivity contribution is 5.92. The van der Waals surface area contributed by atoms with Crippen LogP contribution in [-0.4, -0.2) is 13.1 Å².